The Bertz CT molecular complexity index is 680. The van der Waals surface area contributed by atoms with E-state index in [9.17, 15) is 5.11 Å². The van der Waals surface area contributed by atoms with Crippen molar-refractivity contribution < 1.29 is 9.52 Å². The highest BCUT2D eigenvalue weighted by molar-refractivity contribution is 5.78. The third kappa shape index (κ3) is 2.71. The first-order valence-electron chi connectivity index (χ1n) is 6.59. The molecule has 0 aliphatic rings. The summed E-state index contributed by atoms with van der Waals surface area (Å²) >= 11 is 0. The van der Waals surface area contributed by atoms with E-state index in [1.807, 2.05) is 42.5 Å². The minimum atomic E-state index is -0.210. The second-order valence-corrected chi connectivity index (χ2v) is 4.63. The Morgan fingerprint density at radius 2 is 2.00 bits per heavy atom. The summed E-state index contributed by atoms with van der Waals surface area (Å²) in [6, 6.07) is 15.5. The van der Waals surface area contributed by atoms with E-state index in [0.29, 0.717) is 6.54 Å². The lowest BCUT2D eigenvalue weighted by Crippen LogP contribution is -2.24. The third-order valence-electron chi connectivity index (χ3n) is 3.25. The average molecular weight is 268 g/mol. The summed E-state index contributed by atoms with van der Waals surface area (Å²) in [6.07, 6.45) is 1.61. The van der Waals surface area contributed by atoms with Crippen molar-refractivity contribution in [1.29, 1.82) is 0 Å². The van der Waals surface area contributed by atoms with Crippen molar-refractivity contribution in [3.8, 4) is 0 Å². The van der Waals surface area contributed by atoms with Gasteiger partial charge in [-0.15, -0.1) is 0 Å². The van der Waals surface area contributed by atoms with E-state index in [1.165, 1.54) is 0 Å². The molecule has 0 saturated carbocycles. The number of aromatic nitrogens is 1. The zero-order chi connectivity index (χ0) is 13.8. The number of rotatable bonds is 5. The fourth-order valence-electron chi connectivity index (χ4n) is 2.18. The highest BCUT2D eigenvalue weighted by atomic mass is 16.3. The molecular formula is C16H16N2O2. The van der Waals surface area contributed by atoms with Crippen molar-refractivity contribution in [3.63, 3.8) is 0 Å². The maximum Gasteiger partial charge on any atom is 0.123 e. The molecular weight excluding hydrogens is 252 g/mol. The lowest BCUT2D eigenvalue weighted by atomic mass is 10.2. The molecule has 2 N–H and O–H groups in total. The summed E-state index contributed by atoms with van der Waals surface area (Å²) in [5.74, 6) is 0.730. The Balaban J connectivity index is 1.73. The predicted octanol–water partition coefficient (Wildman–Crippen LogP) is 2.65. The molecule has 0 radical (unpaired) electrons. The van der Waals surface area contributed by atoms with Gasteiger partial charge in [-0.3, -0.25) is 10.3 Å². The summed E-state index contributed by atoms with van der Waals surface area (Å²) < 4.78 is 5.30. The van der Waals surface area contributed by atoms with Gasteiger partial charge in [0.05, 0.1) is 30.1 Å². The van der Waals surface area contributed by atoms with Crippen molar-refractivity contribution in [2.45, 2.75) is 12.6 Å². The summed E-state index contributed by atoms with van der Waals surface area (Å²) in [6.45, 7) is 0.567. The summed E-state index contributed by atoms with van der Waals surface area (Å²) in [4.78, 5) is 4.59. The van der Waals surface area contributed by atoms with Gasteiger partial charge in [-0.25, -0.2) is 0 Å². The molecule has 1 atom stereocenters. The highest BCUT2D eigenvalue weighted by Crippen LogP contribution is 2.15. The molecule has 102 valence electrons. The molecule has 1 aromatic carbocycles. The number of para-hydroxylation sites is 1. The zero-order valence-corrected chi connectivity index (χ0v) is 11.0. The quantitative estimate of drug-likeness (QED) is 0.747. The van der Waals surface area contributed by atoms with Crippen molar-refractivity contribution in [1.82, 2.24) is 10.3 Å². The van der Waals surface area contributed by atoms with Crippen molar-refractivity contribution in [2.24, 2.45) is 0 Å². The van der Waals surface area contributed by atoms with Crippen LogP contribution >= 0.6 is 0 Å². The monoisotopic (exact) mass is 268 g/mol. The van der Waals surface area contributed by atoms with Gasteiger partial charge in [-0.1, -0.05) is 24.3 Å². The van der Waals surface area contributed by atoms with Gasteiger partial charge in [0.1, 0.15) is 5.76 Å². The normalized spacial score (nSPS) is 12.7. The van der Waals surface area contributed by atoms with Crippen molar-refractivity contribution >= 4 is 10.9 Å². The van der Waals surface area contributed by atoms with Crippen LogP contribution in [0.3, 0.4) is 0 Å². The molecule has 1 unspecified atom stereocenters. The van der Waals surface area contributed by atoms with E-state index >= 15 is 0 Å². The molecule has 0 amide bonds. The predicted molar refractivity (Wildman–Crippen MR) is 77.1 cm³/mol. The Morgan fingerprint density at radius 3 is 2.80 bits per heavy atom. The molecule has 0 bridgehead atoms. The van der Waals surface area contributed by atoms with Gasteiger partial charge in [-0.05, 0) is 24.3 Å². The first-order chi connectivity index (χ1) is 9.86. The summed E-state index contributed by atoms with van der Waals surface area (Å²) in [5.41, 5.74) is 1.92. The maximum absolute atomic E-state index is 9.40. The number of pyridine rings is 1. The number of nitrogens with one attached hydrogen (secondary N) is 1. The zero-order valence-electron chi connectivity index (χ0n) is 11.0. The Labute approximate surface area is 117 Å². The number of aliphatic hydroxyl groups is 1. The van der Waals surface area contributed by atoms with E-state index in [-0.39, 0.29) is 12.6 Å². The van der Waals surface area contributed by atoms with E-state index in [0.717, 1.165) is 22.4 Å². The van der Waals surface area contributed by atoms with Gasteiger partial charge < -0.3 is 9.52 Å². The van der Waals surface area contributed by atoms with E-state index in [1.54, 1.807) is 6.26 Å². The molecule has 0 aliphatic heterocycles. The standard InChI is InChI=1S/C16H16N2O2/c19-11-15(16-6-3-9-20-16)17-10-13-8-7-12-4-1-2-5-14(12)18-13/h1-9,15,17,19H,10-11H2. The lowest BCUT2D eigenvalue weighted by molar-refractivity contribution is 0.225. The minimum Gasteiger partial charge on any atom is -0.468 e. The van der Waals surface area contributed by atoms with Crippen LogP contribution in [0.1, 0.15) is 17.5 Å². The fourth-order valence-corrected chi connectivity index (χ4v) is 2.18. The second-order valence-electron chi connectivity index (χ2n) is 4.63. The largest absolute Gasteiger partial charge is 0.468 e. The molecule has 4 heteroatoms. The van der Waals surface area contributed by atoms with E-state index in [4.69, 9.17) is 4.42 Å². The van der Waals surface area contributed by atoms with Gasteiger partial charge in [0.25, 0.3) is 0 Å². The number of aliphatic hydroxyl groups excluding tert-OH is 1. The molecule has 2 heterocycles. The Morgan fingerprint density at radius 1 is 1.10 bits per heavy atom. The van der Waals surface area contributed by atoms with Crippen molar-refractivity contribution in [3.05, 3.63) is 66.2 Å². The number of benzene rings is 1. The molecule has 3 rings (SSSR count). The molecule has 0 aliphatic carbocycles. The van der Waals surface area contributed by atoms with Crippen LogP contribution in [-0.4, -0.2) is 16.7 Å². The Hall–Kier alpha value is -2.17. The molecule has 0 saturated heterocycles. The van der Waals surface area contributed by atoms with Gasteiger partial charge in [0, 0.05) is 11.9 Å². The molecule has 20 heavy (non-hydrogen) atoms. The molecule has 2 aromatic heterocycles. The fraction of sp³-hybridized carbons (Fsp3) is 0.188. The van der Waals surface area contributed by atoms with Crippen LogP contribution in [0.15, 0.2) is 59.2 Å². The smallest absolute Gasteiger partial charge is 0.123 e. The molecule has 3 aromatic rings. The van der Waals surface area contributed by atoms with Crippen LogP contribution in [0.2, 0.25) is 0 Å². The van der Waals surface area contributed by atoms with Gasteiger partial charge in [-0.2, -0.15) is 0 Å². The van der Waals surface area contributed by atoms with Crippen LogP contribution in [0.25, 0.3) is 10.9 Å². The highest BCUT2D eigenvalue weighted by Gasteiger charge is 2.12. The van der Waals surface area contributed by atoms with Crippen LogP contribution in [0, 0.1) is 0 Å². The van der Waals surface area contributed by atoms with E-state index < -0.39 is 0 Å². The van der Waals surface area contributed by atoms with E-state index in [2.05, 4.69) is 16.4 Å². The minimum absolute atomic E-state index is 0.0128. The molecule has 4 nitrogen and oxygen atoms in total. The van der Waals surface area contributed by atoms with Crippen LogP contribution < -0.4 is 5.32 Å². The lowest BCUT2D eigenvalue weighted by Gasteiger charge is -2.13. The summed E-state index contributed by atoms with van der Waals surface area (Å²) in [5, 5.41) is 13.8. The number of furan rings is 1. The van der Waals surface area contributed by atoms with Crippen LogP contribution in [0.5, 0.6) is 0 Å². The first kappa shape index (κ1) is 12.8. The number of hydrogen-bond donors (Lipinski definition) is 2. The number of hydrogen-bond acceptors (Lipinski definition) is 4. The molecule has 0 spiro atoms. The SMILES string of the molecule is OCC(NCc1ccc2ccccc2n1)c1ccco1. The van der Waals surface area contributed by atoms with Gasteiger partial charge in [0.15, 0.2) is 0 Å². The number of fused-ring (bicyclic) bond motifs is 1. The average Bonchev–Trinajstić information content (AvgIpc) is 3.02. The topological polar surface area (TPSA) is 58.3 Å². The Kier molecular flexibility index (Phi) is 3.76. The van der Waals surface area contributed by atoms with Crippen LogP contribution in [-0.2, 0) is 6.54 Å². The van der Waals surface area contributed by atoms with Crippen LogP contribution in [0.4, 0.5) is 0 Å². The number of nitrogens with zero attached hydrogens (tertiary/aromatic N) is 1. The van der Waals surface area contributed by atoms with Gasteiger partial charge >= 0.3 is 0 Å². The second kappa shape index (κ2) is 5.86. The van der Waals surface area contributed by atoms with Crippen molar-refractivity contribution in [2.75, 3.05) is 6.61 Å². The third-order valence-corrected chi connectivity index (χ3v) is 3.25. The molecule has 0 fully saturated rings. The summed E-state index contributed by atoms with van der Waals surface area (Å²) in [7, 11) is 0. The maximum atomic E-state index is 9.40. The van der Waals surface area contributed by atoms with Gasteiger partial charge in [0.2, 0.25) is 0 Å². The first-order valence-corrected chi connectivity index (χ1v) is 6.59.